The number of ether oxygens (including phenoxy) is 1. The Kier molecular flexibility index (Phi) is 2.62. The number of rotatable bonds is 1. The number of nitrogens with two attached hydrogens (primary N) is 1. The summed E-state index contributed by atoms with van der Waals surface area (Å²) in [6.07, 6.45) is -4.61. The molecule has 0 bridgehead atoms. The van der Waals surface area contributed by atoms with Crippen LogP contribution in [-0.4, -0.2) is 42.8 Å². The molecule has 0 radical (unpaired) electrons. The first-order chi connectivity index (χ1) is 6.32. The van der Waals surface area contributed by atoms with E-state index in [9.17, 15) is 13.2 Å². The highest BCUT2D eigenvalue weighted by Crippen LogP contribution is 2.40. The van der Waals surface area contributed by atoms with E-state index in [0.29, 0.717) is 0 Å². The molecule has 82 valence electrons. The molecule has 1 saturated heterocycles. The van der Waals surface area contributed by atoms with Crippen LogP contribution in [0.3, 0.4) is 0 Å². The summed E-state index contributed by atoms with van der Waals surface area (Å²) in [6, 6.07) is 0. The molecular weight excluding hydrogens is 199 g/mol. The molecule has 1 heterocycles. The molecule has 0 amide bonds. The van der Waals surface area contributed by atoms with E-state index in [1.807, 2.05) is 0 Å². The first-order valence-electron chi connectivity index (χ1n) is 4.03. The number of likely N-dealkylation sites (tertiary alicyclic amines) is 1. The molecule has 4 nitrogen and oxygen atoms in total. The summed E-state index contributed by atoms with van der Waals surface area (Å²) in [7, 11) is 1.02. The van der Waals surface area contributed by atoms with Gasteiger partial charge in [-0.15, -0.1) is 0 Å². The van der Waals surface area contributed by atoms with Gasteiger partial charge < -0.3 is 15.4 Å². The molecule has 1 aliphatic heterocycles. The molecule has 0 saturated carbocycles. The van der Waals surface area contributed by atoms with Crippen LogP contribution < -0.4 is 5.73 Å². The number of halogens is 3. The second-order valence-corrected chi connectivity index (χ2v) is 3.25. The van der Waals surface area contributed by atoms with E-state index in [1.165, 1.54) is 0 Å². The van der Waals surface area contributed by atoms with Crippen LogP contribution >= 0.6 is 0 Å². The van der Waals surface area contributed by atoms with Crippen LogP contribution in [0.4, 0.5) is 13.2 Å². The predicted molar refractivity (Wildman–Crippen MR) is 43.9 cm³/mol. The van der Waals surface area contributed by atoms with Gasteiger partial charge in [0.05, 0.1) is 6.54 Å². The maximum absolute atomic E-state index is 12.6. The predicted octanol–water partition coefficient (Wildman–Crippen LogP) is 0.533. The third-order valence-electron chi connectivity index (χ3n) is 2.48. The zero-order chi connectivity index (χ0) is 11.0. The molecule has 0 aliphatic carbocycles. The van der Waals surface area contributed by atoms with Crippen LogP contribution in [0.1, 0.15) is 6.42 Å². The Morgan fingerprint density at radius 3 is 2.36 bits per heavy atom. The van der Waals surface area contributed by atoms with Crippen LogP contribution in [-0.2, 0) is 4.74 Å². The summed E-state index contributed by atoms with van der Waals surface area (Å²) >= 11 is 0. The summed E-state index contributed by atoms with van der Waals surface area (Å²) in [5, 5.41) is 7.03. The first-order valence-corrected chi connectivity index (χ1v) is 4.03. The number of nitrogens with one attached hydrogen (secondary N) is 1. The Bertz CT molecular complexity index is 243. The molecule has 3 N–H and O–H groups in total. The van der Waals surface area contributed by atoms with Crippen molar-refractivity contribution in [2.75, 3.05) is 20.2 Å². The van der Waals surface area contributed by atoms with E-state index in [1.54, 1.807) is 0 Å². The van der Waals surface area contributed by atoms with Crippen molar-refractivity contribution >= 4 is 5.96 Å². The number of nitrogens with zero attached hydrogens (tertiary/aromatic N) is 1. The summed E-state index contributed by atoms with van der Waals surface area (Å²) in [5.74, 6) is -0.354. The fraction of sp³-hybridized carbons (Fsp3) is 0.857. The average Bonchev–Trinajstić information content (AvgIpc) is 2.47. The lowest BCUT2D eigenvalue weighted by Crippen LogP contribution is -2.50. The molecule has 0 aromatic heterocycles. The van der Waals surface area contributed by atoms with Gasteiger partial charge in [0.1, 0.15) is 0 Å². The van der Waals surface area contributed by atoms with Crippen LogP contribution in [0.15, 0.2) is 0 Å². The SMILES string of the molecule is COC1(C(F)(F)F)CCN(C(=N)N)C1. The number of methoxy groups -OCH3 is 1. The van der Waals surface area contributed by atoms with E-state index in [2.05, 4.69) is 4.74 Å². The lowest BCUT2D eigenvalue weighted by atomic mass is 10.0. The maximum Gasteiger partial charge on any atom is 0.419 e. The van der Waals surface area contributed by atoms with Crippen LogP contribution in [0.5, 0.6) is 0 Å². The van der Waals surface area contributed by atoms with Gasteiger partial charge in [0.15, 0.2) is 11.6 Å². The van der Waals surface area contributed by atoms with E-state index in [4.69, 9.17) is 11.1 Å². The van der Waals surface area contributed by atoms with Gasteiger partial charge in [0.2, 0.25) is 0 Å². The van der Waals surface area contributed by atoms with Gasteiger partial charge in [-0.1, -0.05) is 0 Å². The van der Waals surface area contributed by atoms with Crippen molar-refractivity contribution in [3.05, 3.63) is 0 Å². The monoisotopic (exact) mass is 211 g/mol. The van der Waals surface area contributed by atoms with Crippen molar-refractivity contribution in [1.29, 1.82) is 5.41 Å². The molecule has 1 atom stereocenters. The molecule has 1 fully saturated rings. The van der Waals surface area contributed by atoms with E-state index >= 15 is 0 Å². The van der Waals surface area contributed by atoms with Gasteiger partial charge in [0.25, 0.3) is 0 Å². The van der Waals surface area contributed by atoms with Gasteiger partial charge in [-0.3, -0.25) is 5.41 Å². The van der Waals surface area contributed by atoms with Crippen LogP contribution in [0.2, 0.25) is 0 Å². The second-order valence-electron chi connectivity index (χ2n) is 3.25. The van der Waals surface area contributed by atoms with Gasteiger partial charge in [0, 0.05) is 20.1 Å². The maximum atomic E-state index is 12.6. The Morgan fingerprint density at radius 1 is 1.57 bits per heavy atom. The third-order valence-corrected chi connectivity index (χ3v) is 2.48. The largest absolute Gasteiger partial charge is 0.419 e. The van der Waals surface area contributed by atoms with Crippen molar-refractivity contribution in [3.63, 3.8) is 0 Å². The molecule has 14 heavy (non-hydrogen) atoms. The minimum absolute atomic E-state index is 0.0999. The summed E-state index contributed by atoms with van der Waals surface area (Å²) in [4.78, 5) is 1.15. The Labute approximate surface area is 79.3 Å². The highest BCUT2D eigenvalue weighted by Gasteiger charge is 2.59. The Balaban J connectivity index is 2.82. The van der Waals surface area contributed by atoms with Gasteiger partial charge >= 0.3 is 6.18 Å². The quantitative estimate of drug-likeness (QED) is 0.491. The lowest BCUT2D eigenvalue weighted by molar-refractivity contribution is -0.263. The number of alkyl halides is 3. The second kappa shape index (κ2) is 3.30. The molecule has 1 unspecified atom stereocenters. The van der Waals surface area contributed by atoms with Crippen LogP contribution in [0.25, 0.3) is 0 Å². The summed E-state index contributed by atoms with van der Waals surface area (Å²) in [5.41, 5.74) is 2.94. The standard InChI is InChI=1S/C7H12F3N3O/c1-14-6(7(8,9)10)2-3-13(4-6)5(11)12/h2-4H2,1H3,(H3,11,12). The summed E-state index contributed by atoms with van der Waals surface area (Å²) in [6.45, 7) is -0.301. The highest BCUT2D eigenvalue weighted by molar-refractivity contribution is 5.75. The number of hydrogen-bond donors (Lipinski definition) is 2. The van der Waals surface area contributed by atoms with E-state index < -0.39 is 18.3 Å². The minimum Gasteiger partial charge on any atom is -0.370 e. The topological polar surface area (TPSA) is 62.3 Å². The van der Waals surface area contributed by atoms with Gasteiger partial charge in [-0.05, 0) is 0 Å². The van der Waals surface area contributed by atoms with Crippen LogP contribution in [0, 0.1) is 5.41 Å². The Hall–Kier alpha value is -0.980. The van der Waals surface area contributed by atoms with E-state index in [0.717, 1.165) is 12.0 Å². The molecule has 0 aromatic rings. The molecular formula is C7H12F3N3O. The molecule has 0 spiro atoms. The Morgan fingerprint density at radius 2 is 2.14 bits per heavy atom. The molecule has 7 heteroatoms. The molecule has 1 rings (SSSR count). The fourth-order valence-electron chi connectivity index (χ4n) is 1.50. The number of hydrogen-bond acceptors (Lipinski definition) is 2. The molecule has 1 aliphatic rings. The van der Waals surface area contributed by atoms with Crippen molar-refractivity contribution in [1.82, 2.24) is 4.90 Å². The summed E-state index contributed by atoms with van der Waals surface area (Å²) < 4.78 is 42.3. The number of guanidine groups is 1. The average molecular weight is 211 g/mol. The normalized spacial score (nSPS) is 28.1. The smallest absolute Gasteiger partial charge is 0.370 e. The van der Waals surface area contributed by atoms with Crippen molar-refractivity contribution in [3.8, 4) is 0 Å². The van der Waals surface area contributed by atoms with Gasteiger partial charge in [-0.2, -0.15) is 13.2 Å². The van der Waals surface area contributed by atoms with Crippen molar-refractivity contribution in [2.45, 2.75) is 18.2 Å². The third kappa shape index (κ3) is 1.63. The zero-order valence-corrected chi connectivity index (χ0v) is 7.69. The van der Waals surface area contributed by atoms with Crippen molar-refractivity contribution in [2.24, 2.45) is 5.73 Å². The van der Waals surface area contributed by atoms with Crippen molar-refractivity contribution < 1.29 is 17.9 Å². The van der Waals surface area contributed by atoms with E-state index in [-0.39, 0.29) is 18.9 Å². The lowest BCUT2D eigenvalue weighted by Gasteiger charge is -2.30. The highest BCUT2D eigenvalue weighted by atomic mass is 19.4. The fourth-order valence-corrected chi connectivity index (χ4v) is 1.50. The van der Waals surface area contributed by atoms with Gasteiger partial charge in [-0.25, -0.2) is 0 Å². The first kappa shape index (κ1) is 11.1. The minimum atomic E-state index is -4.42. The molecule has 0 aromatic carbocycles. The zero-order valence-electron chi connectivity index (χ0n) is 7.69.